The third kappa shape index (κ3) is 8.48. The molecule has 0 aromatic heterocycles. The number of carboxylic acid groups (broad SMARTS) is 2. The molecule has 4 N–H and O–H groups in total. The van der Waals surface area contributed by atoms with E-state index in [-0.39, 0.29) is 19.4 Å². The third-order valence-corrected chi connectivity index (χ3v) is 1.45. The second-order valence-electron chi connectivity index (χ2n) is 2.84. The summed E-state index contributed by atoms with van der Waals surface area (Å²) in [4.78, 5) is 42.0. The first kappa shape index (κ1) is 13.9. The Morgan fingerprint density at radius 2 is 1.31 bits per heavy atom. The first-order valence-corrected chi connectivity index (χ1v) is 4.39. The van der Waals surface area contributed by atoms with E-state index >= 15 is 0 Å². The highest BCUT2D eigenvalue weighted by Gasteiger charge is 2.08. The molecule has 0 heterocycles. The van der Waals surface area contributed by atoms with Crippen molar-refractivity contribution in [3.63, 3.8) is 0 Å². The zero-order valence-corrected chi connectivity index (χ0v) is 8.36. The van der Waals surface area contributed by atoms with Gasteiger partial charge in [0.1, 0.15) is 6.54 Å². The molecule has 2 amide bonds. The fourth-order valence-electron chi connectivity index (χ4n) is 0.724. The monoisotopic (exact) mass is 232 g/mol. The van der Waals surface area contributed by atoms with Crippen molar-refractivity contribution in [2.45, 2.75) is 12.8 Å². The average molecular weight is 232 g/mol. The van der Waals surface area contributed by atoms with Gasteiger partial charge in [0.15, 0.2) is 0 Å². The predicted molar refractivity (Wildman–Crippen MR) is 50.5 cm³/mol. The van der Waals surface area contributed by atoms with E-state index in [1.807, 2.05) is 5.32 Å². The topological polar surface area (TPSA) is 133 Å². The fraction of sp³-hybridized carbons (Fsp3) is 0.500. The summed E-state index contributed by atoms with van der Waals surface area (Å²) in [6.45, 7) is -0.893. The Kier molecular flexibility index (Phi) is 6.25. The van der Waals surface area contributed by atoms with Crippen LogP contribution in [0.25, 0.3) is 0 Å². The van der Waals surface area contributed by atoms with Gasteiger partial charge in [-0.1, -0.05) is 0 Å². The molecular weight excluding hydrogens is 220 g/mol. The van der Waals surface area contributed by atoms with Crippen molar-refractivity contribution in [2.24, 2.45) is 0 Å². The van der Waals surface area contributed by atoms with Gasteiger partial charge >= 0.3 is 11.9 Å². The lowest BCUT2D eigenvalue weighted by molar-refractivity contribution is -0.139. The number of hydrogen-bond acceptors (Lipinski definition) is 4. The van der Waals surface area contributed by atoms with Crippen LogP contribution in [0.1, 0.15) is 12.8 Å². The van der Waals surface area contributed by atoms with Gasteiger partial charge in [-0.15, -0.1) is 0 Å². The van der Waals surface area contributed by atoms with Gasteiger partial charge < -0.3 is 20.8 Å². The summed E-state index contributed by atoms with van der Waals surface area (Å²) in [5, 5.41) is 20.7. The molecule has 0 rings (SSSR count). The Labute approximate surface area is 90.6 Å². The van der Waals surface area contributed by atoms with Crippen LogP contribution in [0.5, 0.6) is 0 Å². The lowest BCUT2D eigenvalue weighted by Gasteiger charge is -2.04. The van der Waals surface area contributed by atoms with E-state index in [4.69, 9.17) is 10.2 Å². The van der Waals surface area contributed by atoms with Gasteiger partial charge in [0, 0.05) is 6.42 Å². The van der Waals surface area contributed by atoms with Crippen LogP contribution in [0.3, 0.4) is 0 Å². The van der Waals surface area contributed by atoms with Crippen LogP contribution in [0, 0.1) is 0 Å². The van der Waals surface area contributed by atoms with Gasteiger partial charge in [0.25, 0.3) is 0 Å². The van der Waals surface area contributed by atoms with Crippen LogP contribution in [-0.4, -0.2) is 47.1 Å². The maximum absolute atomic E-state index is 10.9. The normalized spacial score (nSPS) is 9.25. The van der Waals surface area contributed by atoms with E-state index < -0.39 is 30.3 Å². The van der Waals surface area contributed by atoms with Gasteiger partial charge in [-0.3, -0.25) is 19.2 Å². The summed E-state index contributed by atoms with van der Waals surface area (Å²) in [5.41, 5.74) is 0. The second-order valence-corrected chi connectivity index (χ2v) is 2.84. The molecule has 0 atom stereocenters. The average Bonchev–Trinajstić information content (AvgIpc) is 2.20. The SMILES string of the molecule is O=C(O)CCC(=O)NCC(=O)NCC(=O)O. The van der Waals surface area contributed by atoms with Gasteiger partial charge in [0.05, 0.1) is 13.0 Å². The van der Waals surface area contributed by atoms with E-state index in [0.717, 1.165) is 0 Å². The molecule has 0 aliphatic carbocycles. The first-order valence-electron chi connectivity index (χ1n) is 4.39. The van der Waals surface area contributed by atoms with Crippen LogP contribution in [0.15, 0.2) is 0 Å². The van der Waals surface area contributed by atoms with Crippen molar-refractivity contribution in [2.75, 3.05) is 13.1 Å². The minimum absolute atomic E-state index is 0.221. The molecule has 0 saturated heterocycles. The van der Waals surface area contributed by atoms with Crippen molar-refractivity contribution in [3.8, 4) is 0 Å². The molecule has 0 fully saturated rings. The molecule has 0 radical (unpaired) electrons. The van der Waals surface area contributed by atoms with Crippen molar-refractivity contribution in [3.05, 3.63) is 0 Å². The van der Waals surface area contributed by atoms with E-state index in [1.54, 1.807) is 0 Å². The quantitative estimate of drug-likeness (QED) is 0.408. The molecule has 0 unspecified atom stereocenters. The molecule has 0 aromatic rings. The van der Waals surface area contributed by atoms with Gasteiger partial charge in [-0.05, 0) is 0 Å². The molecule has 0 aliphatic rings. The fourth-order valence-corrected chi connectivity index (χ4v) is 0.724. The molecule has 0 saturated carbocycles. The van der Waals surface area contributed by atoms with Crippen LogP contribution in [0.4, 0.5) is 0 Å². The summed E-state index contributed by atoms with van der Waals surface area (Å²) in [7, 11) is 0. The lowest BCUT2D eigenvalue weighted by Crippen LogP contribution is -2.39. The Balaban J connectivity index is 3.63. The maximum atomic E-state index is 10.9. The zero-order valence-electron chi connectivity index (χ0n) is 8.36. The number of aliphatic carboxylic acids is 2. The number of rotatable bonds is 7. The molecule has 90 valence electrons. The Bertz CT molecular complexity index is 271. The summed E-state index contributed by atoms with van der Waals surface area (Å²) in [6.07, 6.45) is -0.538. The standard InChI is InChI=1S/C8H12N2O6/c11-5(1-2-7(13)14)9-3-6(12)10-4-8(15)16/h1-4H2,(H,9,11)(H,10,12)(H,13,14)(H,15,16). The Morgan fingerprint density at radius 3 is 1.81 bits per heavy atom. The summed E-state index contributed by atoms with van der Waals surface area (Å²) in [5.74, 6) is -3.52. The van der Waals surface area contributed by atoms with Crippen molar-refractivity contribution in [1.29, 1.82) is 0 Å². The van der Waals surface area contributed by atoms with E-state index in [2.05, 4.69) is 5.32 Å². The first-order chi connectivity index (χ1) is 7.41. The van der Waals surface area contributed by atoms with E-state index in [0.29, 0.717) is 0 Å². The molecule has 0 spiro atoms. The second kappa shape index (κ2) is 7.21. The number of carbonyl (C=O) groups is 4. The van der Waals surface area contributed by atoms with Crippen molar-refractivity contribution >= 4 is 23.8 Å². The molecule has 0 aliphatic heterocycles. The predicted octanol–water partition coefficient (Wildman–Crippen LogP) is -1.83. The van der Waals surface area contributed by atoms with Crippen LogP contribution >= 0.6 is 0 Å². The Hall–Kier alpha value is -2.12. The highest BCUT2D eigenvalue weighted by molar-refractivity contribution is 5.87. The highest BCUT2D eigenvalue weighted by Crippen LogP contribution is 1.87. The number of amides is 2. The van der Waals surface area contributed by atoms with Crippen molar-refractivity contribution < 1.29 is 29.4 Å². The minimum atomic E-state index is -1.19. The van der Waals surface area contributed by atoms with Crippen LogP contribution < -0.4 is 10.6 Å². The number of nitrogens with one attached hydrogen (secondary N) is 2. The van der Waals surface area contributed by atoms with E-state index in [9.17, 15) is 19.2 Å². The van der Waals surface area contributed by atoms with Crippen LogP contribution in [-0.2, 0) is 19.2 Å². The largest absolute Gasteiger partial charge is 0.481 e. The number of carbonyl (C=O) groups excluding carboxylic acids is 2. The smallest absolute Gasteiger partial charge is 0.322 e. The number of hydrogen-bond donors (Lipinski definition) is 4. The minimum Gasteiger partial charge on any atom is -0.481 e. The van der Waals surface area contributed by atoms with Crippen molar-refractivity contribution in [1.82, 2.24) is 10.6 Å². The van der Waals surface area contributed by atoms with E-state index in [1.165, 1.54) is 0 Å². The van der Waals surface area contributed by atoms with Gasteiger partial charge in [-0.2, -0.15) is 0 Å². The number of carboxylic acids is 2. The zero-order chi connectivity index (χ0) is 12.6. The summed E-state index contributed by atoms with van der Waals surface area (Å²) >= 11 is 0. The summed E-state index contributed by atoms with van der Waals surface area (Å²) in [6, 6.07) is 0. The lowest BCUT2D eigenvalue weighted by atomic mass is 10.3. The molecule has 16 heavy (non-hydrogen) atoms. The van der Waals surface area contributed by atoms with Gasteiger partial charge in [0.2, 0.25) is 11.8 Å². The third-order valence-electron chi connectivity index (χ3n) is 1.45. The maximum Gasteiger partial charge on any atom is 0.322 e. The molecule has 0 aromatic carbocycles. The molecule has 0 bridgehead atoms. The highest BCUT2D eigenvalue weighted by atomic mass is 16.4. The summed E-state index contributed by atoms with van der Waals surface area (Å²) < 4.78 is 0. The van der Waals surface area contributed by atoms with Gasteiger partial charge in [-0.25, -0.2) is 0 Å². The molecular formula is C8H12N2O6. The Morgan fingerprint density at radius 1 is 0.750 bits per heavy atom. The molecule has 8 heteroatoms. The molecule has 8 nitrogen and oxygen atoms in total. The van der Waals surface area contributed by atoms with Crippen LogP contribution in [0.2, 0.25) is 0 Å².